The fourth-order valence-corrected chi connectivity index (χ4v) is 1.97. The van der Waals surface area contributed by atoms with Gasteiger partial charge in [0.1, 0.15) is 5.82 Å². The lowest BCUT2D eigenvalue weighted by Gasteiger charge is -2.21. The summed E-state index contributed by atoms with van der Waals surface area (Å²) in [5, 5.41) is 2.54. The molecule has 6 nitrogen and oxygen atoms in total. The first-order valence-corrected chi connectivity index (χ1v) is 6.74. The topological polar surface area (TPSA) is 87.5 Å². The molecule has 0 spiro atoms. The lowest BCUT2D eigenvalue weighted by molar-refractivity contribution is -0.121. The molecule has 1 aromatic rings. The minimum Gasteiger partial charge on any atom is -0.358 e. The third kappa shape index (κ3) is 5.13. The highest BCUT2D eigenvalue weighted by Gasteiger charge is 2.14. The molecule has 0 heterocycles. The lowest BCUT2D eigenvalue weighted by Crippen LogP contribution is -2.36. The number of nitrogen functional groups attached to an aromatic ring is 1. The van der Waals surface area contributed by atoms with Gasteiger partial charge in [0.2, 0.25) is 5.91 Å². The minimum absolute atomic E-state index is 0.139. The van der Waals surface area contributed by atoms with E-state index in [1.54, 1.807) is 7.05 Å². The molecule has 0 aromatic heterocycles. The Labute approximate surface area is 123 Å². The van der Waals surface area contributed by atoms with Crippen molar-refractivity contribution in [1.82, 2.24) is 15.6 Å². The van der Waals surface area contributed by atoms with Crippen LogP contribution in [-0.2, 0) is 11.3 Å². The molecule has 2 amide bonds. The average molecular weight is 296 g/mol. The molecule has 0 saturated carbocycles. The van der Waals surface area contributed by atoms with E-state index < -0.39 is 11.7 Å². The zero-order valence-corrected chi connectivity index (χ0v) is 12.3. The van der Waals surface area contributed by atoms with Crippen LogP contribution in [0.4, 0.5) is 4.39 Å². The number of rotatable bonds is 7. The molecule has 0 saturated heterocycles. The Morgan fingerprint density at radius 2 is 2.10 bits per heavy atom. The standard InChI is InChI=1S/C14H21FN4O2/c1-3-6-19(9-13(20)17-2)8-11-7-10(14(21)18-16)4-5-12(11)15/h4-5,7H,3,6,8-9,16H2,1-2H3,(H,17,20)(H,18,21). The van der Waals surface area contributed by atoms with Gasteiger partial charge in [-0.15, -0.1) is 0 Å². The van der Waals surface area contributed by atoms with Crippen LogP contribution >= 0.6 is 0 Å². The first-order chi connectivity index (χ1) is 10.0. The highest BCUT2D eigenvalue weighted by Crippen LogP contribution is 2.13. The SMILES string of the molecule is CCCN(CC(=O)NC)Cc1cc(C(=O)NN)ccc1F. The number of hydrazine groups is 1. The zero-order valence-electron chi connectivity index (χ0n) is 12.3. The Kier molecular flexibility index (Phi) is 6.77. The number of benzene rings is 1. The number of hydrogen-bond donors (Lipinski definition) is 3. The number of nitrogens with one attached hydrogen (secondary N) is 2. The predicted molar refractivity (Wildman–Crippen MR) is 77.7 cm³/mol. The number of carbonyl (C=O) groups excluding carboxylic acids is 2. The van der Waals surface area contributed by atoms with E-state index in [-0.39, 0.29) is 24.6 Å². The normalized spacial score (nSPS) is 10.5. The largest absolute Gasteiger partial charge is 0.358 e. The fraction of sp³-hybridized carbons (Fsp3) is 0.429. The van der Waals surface area contributed by atoms with Crippen molar-refractivity contribution in [2.45, 2.75) is 19.9 Å². The van der Waals surface area contributed by atoms with E-state index in [9.17, 15) is 14.0 Å². The van der Waals surface area contributed by atoms with E-state index in [4.69, 9.17) is 5.84 Å². The fourth-order valence-electron chi connectivity index (χ4n) is 1.97. The number of hydrogen-bond acceptors (Lipinski definition) is 4. The van der Waals surface area contributed by atoms with Crippen LogP contribution in [0, 0.1) is 5.82 Å². The molecule has 0 unspecified atom stereocenters. The summed E-state index contributed by atoms with van der Waals surface area (Å²) >= 11 is 0. The Morgan fingerprint density at radius 1 is 1.38 bits per heavy atom. The molecule has 4 N–H and O–H groups in total. The first-order valence-electron chi connectivity index (χ1n) is 6.74. The molecule has 0 aliphatic rings. The van der Waals surface area contributed by atoms with Crippen molar-refractivity contribution < 1.29 is 14.0 Å². The molecule has 0 aliphatic heterocycles. The average Bonchev–Trinajstić information content (AvgIpc) is 2.48. The van der Waals surface area contributed by atoms with Gasteiger partial charge in [0.15, 0.2) is 0 Å². The molecular weight excluding hydrogens is 275 g/mol. The molecule has 0 aliphatic carbocycles. The summed E-state index contributed by atoms with van der Waals surface area (Å²) in [6.07, 6.45) is 0.835. The van der Waals surface area contributed by atoms with Crippen molar-refractivity contribution in [2.24, 2.45) is 5.84 Å². The van der Waals surface area contributed by atoms with Gasteiger partial charge in [-0.1, -0.05) is 6.92 Å². The molecular formula is C14H21FN4O2. The molecule has 7 heteroatoms. The summed E-state index contributed by atoms with van der Waals surface area (Å²) < 4.78 is 13.9. The number of halogens is 1. The van der Waals surface area contributed by atoms with Crippen LogP contribution in [0.3, 0.4) is 0 Å². The van der Waals surface area contributed by atoms with Crippen molar-refractivity contribution in [2.75, 3.05) is 20.1 Å². The van der Waals surface area contributed by atoms with Crippen molar-refractivity contribution in [3.05, 3.63) is 35.1 Å². The smallest absolute Gasteiger partial charge is 0.265 e. The minimum atomic E-state index is -0.482. The van der Waals surface area contributed by atoms with Gasteiger partial charge < -0.3 is 5.32 Å². The Hall–Kier alpha value is -1.99. The van der Waals surface area contributed by atoms with Crippen LogP contribution in [0.15, 0.2) is 18.2 Å². The highest BCUT2D eigenvalue weighted by molar-refractivity contribution is 5.93. The number of carbonyl (C=O) groups is 2. The van der Waals surface area contributed by atoms with Gasteiger partial charge in [0.25, 0.3) is 5.91 Å². The second-order valence-corrected chi connectivity index (χ2v) is 4.66. The van der Waals surface area contributed by atoms with Crippen LogP contribution in [0.5, 0.6) is 0 Å². The van der Waals surface area contributed by atoms with Crippen molar-refractivity contribution in [3.8, 4) is 0 Å². The van der Waals surface area contributed by atoms with Crippen LogP contribution in [-0.4, -0.2) is 36.9 Å². The molecule has 0 radical (unpaired) electrons. The number of amides is 2. The molecule has 0 atom stereocenters. The van der Waals surface area contributed by atoms with Crippen LogP contribution in [0.2, 0.25) is 0 Å². The van der Waals surface area contributed by atoms with Crippen LogP contribution in [0.1, 0.15) is 29.3 Å². The number of likely N-dealkylation sites (N-methyl/N-ethyl adjacent to an activating group) is 1. The summed E-state index contributed by atoms with van der Waals surface area (Å²) in [6, 6.07) is 4.04. The van der Waals surface area contributed by atoms with E-state index in [0.29, 0.717) is 12.1 Å². The molecule has 0 fully saturated rings. The first kappa shape index (κ1) is 17.1. The third-order valence-electron chi connectivity index (χ3n) is 3.02. The zero-order chi connectivity index (χ0) is 15.8. The highest BCUT2D eigenvalue weighted by atomic mass is 19.1. The second kappa shape index (κ2) is 8.33. The molecule has 116 valence electrons. The van der Waals surface area contributed by atoms with E-state index in [0.717, 1.165) is 6.42 Å². The maximum absolute atomic E-state index is 13.9. The Bertz CT molecular complexity index is 508. The Balaban J connectivity index is 2.91. The summed E-state index contributed by atoms with van der Waals surface area (Å²) in [7, 11) is 1.55. The molecule has 1 rings (SSSR count). The van der Waals surface area contributed by atoms with E-state index in [1.165, 1.54) is 18.2 Å². The van der Waals surface area contributed by atoms with Gasteiger partial charge in [-0.3, -0.25) is 19.9 Å². The number of nitrogens with zero attached hydrogens (tertiary/aromatic N) is 1. The predicted octanol–water partition coefficient (Wildman–Crippen LogP) is 0.387. The van der Waals surface area contributed by atoms with E-state index >= 15 is 0 Å². The summed E-state index contributed by atoms with van der Waals surface area (Å²) in [5.41, 5.74) is 2.65. The van der Waals surface area contributed by atoms with Crippen molar-refractivity contribution in [1.29, 1.82) is 0 Å². The van der Waals surface area contributed by atoms with Gasteiger partial charge in [0.05, 0.1) is 6.54 Å². The summed E-state index contributed by atoms with van der Waals surface area (Å²) in [5.74, 6) is 4.03. The molecule has 21 heavy (non-hydrogen) atoms. The van der Waals surface area contributed by atoms with Gasteiger partial charge >= 0.3 is 0 Å². The number of nitrogens with two attached hydrogens (primary N) is 1. The van der Waals surface area contributed by atoms with Gasteiger partial charge in [0, 0.05) is 24.7 Å². The van der Waals surface area contributed by atoms with Gasteiger partial charge in [-0.05, 0) is 31.2 Å². The maximum atomic E-state index is 13.9. The summed E-state index contributed by atoms with van der Waals surface area (Å²) in [4.78, 5) is 24.8. The lowest BCUT2D eigenvalue weighted by atomic mass is 10.1. The van der Waals surface area contributed by atoms with Crippen molar-refractivity contribution in [3.63, 3.8) is 0 Å². The van der Waals surface area contributed by atoms with E-state index in [1.807, 2.05) is 17.2 Å². The van der Waals surface area contributed by atoms with Gasteiger partial charge in [-0.25, -0.2) is 10.2 Å². The second-order valence-electron chi connectivity index (χ2n) is 4.66. The maximum Gasteiger partial charge on any atom is 0.265 e. The van der Waals surface area contributed by atoms with Gasteiger partial charge in [-0.2, -0.15) is 0 Å². The van der Waals surface area contributed by atoms with E-state index in [2.05, 4.69) is 5.32 Å². The summed E-state index contributed by atoms with van der Waals surface area (Å²) in [6.45, 7) is 3.06. The molecule has 1 aromatic carbocycles. The molecule has 0 bridgehead atoms. The van der Waals surface area contributed by atoms with Crippen LogP contribution in [0.25, 0.3) is 0 Å². The van der Waals surface area contributed by atoms with Crippen molar-refractivity contribution >= 4 is 11.8 Å². The Morgan fingerprint density at radius 3 is 2.67 bits per heavy atom. The monoisotopic (exact) mass is 296 g/mol. The quantitative estimate of drug-likeness (QED) is 0.386. The third-order valence-corrected chi connectivity index (χ3v) is 3.02. The van der Waals surface area contributed by atoms with Crippen LogP contribution < -0.4 is 16.6 Å².